The van der Waals surface area contributed by atoms with Crippen LogP contribution in [0.2, 0.25) is 0 Å². The van der Waals surface area contributed by atoms with E-state index in [4.69, 9.17) is 51.1 Å². The zero-order chi connectivity index (χ0) is 17.7. The molecule has 0 saturated heterocycles. The Bertz CT molecular complexity index is 212. The molecule has 0 saturated carbocycles. The summed E-state index contributed by atoms with van der Waals surface area (Å²) >= 11 is 0. The van der Waals surface area contributed by atoms with E-state index in [1.54, 1.807) is 0 Å². The third-order valence-corrected chi connectivity index (χ3v) is 0.167. The Morgan fingerprint density at radius 2 is 0.667 bits per heavy atom. The topological polar surface area (TPSA) is 264 Å². The van der Waals surface area contributed by atoms with Crippen molar-refractivity contribution in [1.82, 2.24) is 0 Å². The minimum atomic E-state index is -0.833. The maximum atomic E-state index is 9.00. The van der Waals surface area contributed by atoms with Gasteiger partial charge in [-0.2, -0.15) is 0 Å². The van der Waals surface area contributed by atoms with Crippen LogP contribution in [0.3, 0.4) is 0 Å². The second-order valence-electron chi connectivity index (χ2n) is 2.65. The van der Waals surface area contributed by atoms with Crippen LogP contribution in [0.25, 0.3) is 0 Å². The first-order chi connectivity index (χ1) is 8.84. The van der Waals surface area contributed by atoms with Gasteiger partial charge in [0.25, 0.3) is 23.9 Å². The van der Waals surface area contributed by atoms with Crippen molar-refractivity contribution < 1.29 is 113 Å². The molecule has 0 aromatic carbocycles. The number of rotatable bonds is 1. The van der Waals surface area contributed by atoms with Gasteiger partial charge < -0.3 is 45.7 Å². The summed E-state index contributed by atoms with van der Waals surface area (Å²) < 4.78 is 0. The second kappa shape index (κ2) is 56.9. The summed E-state index contributed by atoms with van der Waals surface area (Å²) in [7, 11) is 0. The summed E-state index contributed by atoms with van der Waals surface area (Å²) in [4.78, 5) is 36.0. The van der Waals surface area contributed by atoms with Crippen LogP contribution in [0.4, 0.5) is 0 Å². The maximum Gasteiger partial charge on any atom is 1.00 e. The molecule has 0 amide bonds. The molecule has 0 aliphatic heterocycles. The Labute approximate surface area is 187 Å². The maximum absolute atomic E-state index is 9.00. The second-order valence-corrected chi connectivity index (χ2v) is 2.65. The SMILES string of the molecule is CC(=O)O.CC(=O)O.CC(=O)O.CC(=O)O.NCCN.O.O.[H-].[H-].[Na+].[Na+]. The van der Waals surface area contributed by atoms with Crippen molar-refractivity contribution in [2.45, 2.75) is 27.7 Å². The molecule has 0 heterocycles. The van der Waals surface area contributed by atoms with E-state index in [2.05, 4.69) is 0 Å². The third-order valence-electron chi connectivity index (χ3n) is 0.167. The molecule has 12 N–H and O–H groups in total. The Hall–Kier alpha value is -0.280. The molecule has 0 fully saturated rings. The van der Waals surface area contributed by atoms with Gasteiger partial charge in [0.2, 0.25) is 0 Å². The summed E-state index contributed by atoms with van der Waals surface area (Å²) in [6.07, 6.45) is 0. The number of carbonyl (C=O) groups is 4. The molecule has 0 aliphatic carbocycles. The van der Waals surface area contributed by atoms with Crippen LogP contribution in [0.15, 0.2) is 0 Å². The van der Waals surface area contributed by atoms with Crippen LogP contribution in [0.5, 0.6) is 0 Å². The molecule has 0 radical (unpaired) electrons. The van der Waals surface area contributed by atoms with Crippen molar-refractivity contribution in [2.24, 2.45) is 11.5 Å². The van der Waals surface area contributed by atoms with Gasteiger partial charge in [-0.15, -0.1) is 0 Å². The number of hydrogen-bond donors (Lipinski definition) is 6. The van der Waals surface area contributed by atoms with Crippen LogP contribution in [-0.4, -0.2) is 68.3 Å². The molecule has 0 aliphatic rings. The van der Waals surface area contributed by atoms with Gasteiger partial charge >= 0.3 is 59.1 Å². The minimum Gasteiger partial charge on any atom is -1.00 e. The van der Waals surface area contributed by atoms with Crippen molar-refractivity contribution in [2.75, 3.05) is 13.1 Å². The van der Waals surface area contributed by atoms with Crippen molar-refractivity contribution in [1.29, 1.82) is 0 Å². The fourth-order valence-electron chi connectivity index (χ4n) is 0. The summed E-state index contributed by atoms with van der Waals surface area (Å²) in [5, 5.41) is 29.7. The van der Waals surface area contributed by atoms with E-state index in [0.29, 0.717) is 13.1 Å². The molecule has 0 aromatic heterocycles. The Balaban J connectivity index is -0.0000000114. The van der Waals surface area contributed by atoms with E-state index in [0.717, 1.165) is 27.7 Å². The van der Waals surface area contributed by atoms with E-state index >= 15 is 0 Å². The quantitative estimate of drug-likeness (QED) is 0.232. The van der Waals surface area contributed by atoms with Crippen LogP contribution in [-0.2, 0) is 19.2 Å². The monoisotopic (exact) mass is 384 g/mol. The molecule has 12 nitrogen and oxygen atoms in total. The first kappa shape index (κ1) is 56.5. The van der Waals surface area contributed by atoms with Gasteiger partial charge in [0.05, 0.1) is 0 Å². The predicted molar refractivity (Wildman–Crippen MR) is 80.8 cm³/mol. The first-order valence-electron chi connectivity index (χ1n) is 5.03. The van der Waals surface area contributed by atoms with Crippen molar-refractivity contribution in [3.63, 3.8) is 0 Å². The molecule has 0 bridgehead atoms. The molecule has 0 aromatic rings. The average molecular weight is 384 g/mol. The molecule has 0 unspecified atom stereocenters. The van der Waals surface area contributed by atoms with Gasteiger partial charge in [0.15, 0.2) is 0 Å². The largest absolute Gasteiger partial charge is 1.00 e. The smallest absolute Gasteiger partial charge is 1.00 e. The van der Waals surface area contributed by atoms with Gasteiger partial charge in [-0.25, -0.2) is 0 Å². The van der Waals surface area contributed by atoms with Crippen LogP contribution >= 0.6 is 0 Å². The number of nitrogens with two attached hydrogens (primary N) is 2. The fourth-order valence-corrected chi connectivity index (χ4v) is 0. The summed E-state index contributed by atoms with van der Waals surface area (Å²) in [6.45, 7) is 5.53. The standard InChI is InChI=1S/C2H8N2.4C2H4O2.2Na.2H2O.2H/c3-1-2-4;4*1-2(3)4;;;;;;/h1-4H2;4*1H3,(H,3,4);;;2*1H2;;/q;;;;;2*+1;;;2*-1. The Kier molecular flexibility index (Phi) is 134. The molecule has 0 rings (SSSR count). The van der Waals surface area contributed by atoms with Gasteiger partial charge in [-0.05, 0) is 0 Å². The number of carboxylic acid groups (broad SMARTS) is 4. The molecule has 14 heteroatoms. The minimum absolute atomic E-state index is 0. The van der Waals surface area contributed by atoms with E-state index in [1.165, 1.54) is 0 Å². The fraction of sp³-hybridized carbons (Fsp3) is 0.600. The number of carboxylic acids is 4. The van der Waals surface area contributed by atoms with Crippen molar-refractivity contribution in [3.8, 4) is 0 Å². The van der Waals surface area contributed by atoms with Crippen LogP contribution < -0.4 is 70.6 Å². The summed E-state index contributed by atoms with van der Waals surface area (Å²) in [5.74, 6) is -3.33. The Morgan fingerprint density at radius 1 is 0.625 bits per heavy atom. The van der Waals surface area contributed by atoms with E-state index < -0.39 is 23.9 Å². The first-order valence-corrected chi connectivity index (χ1v) is 5.03. The van der Waals surface area contributed by atoms with Gasteiger partial charge in [-0.1, -0.05) is 0 Å². The van der Waals surface area contributed by atoms with Gasteiger partial charge in [0, 0.05) is 40.8 Å². The molecule has 24 heavy (non-hydrogen) atoms. The molecule has 0 atom stereocenters. The number of hydrogen-bond acceptors (Lipinski definition) is 6. The van der Waals surface area contributed by atoms with Gasteiger partial charge in [-0.3, -0.25) is 19.2 Å². The van der Waals surface area contributed by atoms with Crippen molar-refractivity contribution >= 4 is 23.9 Å². The summed E-state index contributed by atoms with van der Waals surface area (Å²) in [5.41, 5.74) is 9.81. The predicted octanol–water partition coefficient (Wildman–Crippen LogP) is -8.15. The van der Waals surface area contributed by atoms with E-state index in [-0.39, 0.29) is 72.9 Å². The molecular formula is C10H30N2Na2O10. The zero-order valence-corrected chi connectivity index (χ0v) is 19.0. The van der Waals surface area contributed by atoms with Crippen LogP contribution in [0, 0.1) is 0 Å². The molecule has 0 spiro atoms. The van der Waals surface area contributed by atoms with E-state index in [1.807, 2.05) is 0 Å². The molecule has 142 valence electrons. The Morgan fingerprint density at radius 3 is 0.667 bits per heavy atom. The third kappa shape index (κ3) is 18000. The normalized spacial score (nSPS) is 5.42. The van der Waals surface area contributed by atoms with Crippen molar-refractivity contribution in [3.05, 3.63) is 0 Å². The van der Waals surface area contributed by atoms with Crippen LogP contribution in [0.1, 0.15) is 30.5 Å². The number of aliphatic carboxylic acids is 4. The van der Waals surface area contributed by atoms with Gasteiger partial charge in [0.1, 0.15) is 0 Å². The molecular weight excluding hydrogens is 354 g/mol. The summed E-state index contributed by atoms with van der Waals surface area (Å²) in [6, 6.07) is 0. The average Bonchev–Trinajstić information content (AvgIpc) is 2.13. The van der Waals surface area contributed by atoms with E-state index in [9.17, 15) is 0 Å². The zero-order valence-electron chi connectivity index (χ0n) is 17.0.